The van der Waals surface area contributed by atoms with Gasteiger partial charge in [0.05, 0.1) is 0 Å². The van der Waals surface area contributed by atoms with Crippen molar-refractivity contribution in [2.24, 2.45) is 0 Å². The fraction of sp³-hybridized carbons (Fsp3) is 0.217. The SMILES string of the molecule is O=C(Nc1ccc(CN2CCC[C@@H]2c2cccnc2)cc1)Oc1ccccc1. The Kier molecular flexibility index (Phi) is 5.64. The molecule has 5 nitrogen and oxygen atoms in total. The molecule has 142 valence electrons. The van der Waals surface area contributed by atoms with Crippen molar-refractivity contribution in [3.8, 4) is 5.75 Å². The van der Waals surface area contributed by atoms with E-state index in [0.717, 1.165) is 25.2 Å². The van der Waals surface area contributed by atoms with Crippen LogP contribution >= 0.6 is 0 Å². The number of nitrogens with zero attached hydrogens (tertiary/aromatic N) is 2. The Balaban J connectivity index is 1.35. The standard InChI is InChI=1S/C23H23N3O2/c27-23(28-21-7-2-1-3-8-21)25-20-12-10-18(11-13-20)17-26-15-5-9-22(26)19-6-4-14-24-16-19/h1-4,6-8,10-14,16,22H,5,9,15,17H2,(H,25,27)/t22-/m1/s1. The summed E-state index contributed by atoms with van der Waals surface area (Å²) in [5.74, 6) is 0.520. The van der Waals surface area contributed by atoms with Crippen molar-refractivity contribution in [3.63, 3.8) is 0 Å². The second-order valence-electron chi connectivity index (χ2n) is 6.94. The summed E-state index contributed by atoms with van der Waals surface area (Å²) in [4.78, 5) is 18.7. The van der Waals surface area contributed by atoms with E-state index in [9.17, 15) is 4.79 Å². The van der Waals surface area contributed by atoms with Crippen LogP contribution in [0.2, 0.25) is 0 Å². The summed E-state index contributed by atoms with van der Waals surface area (Å²) in [5.41, 5.74) is 3.22. The van der Waals surface area contributed by atoms with Crippen LogP contribution in [0.3, 0.4) is 0 Å². The predicted molar refractivity (Wildman–Crippen MR) is 109 cm³/mol. The van der Waals surface area contributed by atoms with E-state index in [2.05, 4.69) is 33.4 Å². The van der Waals surface area contributed by atoms with E-state index >= 15 is 0 Å². The van der Waals surface area contributed by atoms with Gasteiger partial charge in [-0.3, -0.25) is 15.2 Å². The summed E-state index contributed by atoms with van der Waals surface area (Å²) >= 11 is 0. The molecule has 1 fully saturated rings. The molecule has 5 heteroatoms. The maximum absolute atomic E-state index is 12.0. The maximum Gasteiger partial charge on any atom is 0.417 e. The average Bonchev–Trinajstić information content (AvgIpc) is 3.19. The zero-order valence-corrected chi connectivity index (χ0v) is 15.6. The van der Waals surface area contributed by atoms with Crippen LogP contribution < -0.4 is 10.1 Å². The van der Waals surface area contributed by atoms with Crippen LogP contribution in [0.4, 0.5) is 10.5 Å². The number of para-hydroxylation sites is 1. The lowest BCUT2D eigenvalue weighted by molar-refractivity contribution is 0.215. The molecule has 1 aliphatic rings. The molecule has 0 unspecified atom stereocenters. The predicted octanol–water partition coefficient (Wildman–Crippen LogP) is 5.03. The smallest absolute Gasteiger partial charge is 0.410 e. The number of anilines is 1. The molecule has 0 saturated carbocycles. The van der Waals surface area contributed by atoms with Crippen LogP contribution in [-0.4, -0.2) is 22.5 Å². The molecule has 1 saturated heterocycles. The van der Waals surface area contributed by atoms with E-state index in [1.54, 1.807) is 12.1 Å². The van der Waals surface area contributed by atoms with Crippen LogP contribution in [-0.2, 0) is 6.54 Å². The van der Waals surface area contributed by atoms with Gasteiger partial charge in [-0.15, -0.1) is 0 Å². The van der Waals surface area contributed by atoms with E-state index in [-0.39, 0.29) is 0 Å². The highest BCUT2D eigenvalue weighted by molar-refractivity contribution is 5.86. The molecule has 0 spiro atoms. The molecular weight excluding hydrogens is 350 g/mol. The Hall–Kier alpha value is -3.18. The molecule has 0 bridgehead atoms. The van der Waals surface area contributed by atoms with Gasteiger partial charge in [-0.05, 0) is 60.8 Å². The number of hydrogen-bond donors (Lipinski definition) is 1. The molecule has 1 aliphatic heterocycles. The number of rotatable bonds is 5. The lowest BCUT2D eigenvalue weighted by atomic mass is 10.1. The Morgan fingerprint density at radius 2 is 1.89 bits per heavy atom. The second kappa shape index (κ2) is 8.67. The Bertz CT molecular complexity index is 898. The van der Waals surface area contributed by atoms with Gasteiger partial charge in [0.2, 0.25) is 0 Å². The molecule has 0 aliphatic carbocycles. The minimum atomic E-state index is -0.491. The van der Waals surface area contributed by atoms with Gasteiger partial charge in [-0.25, -0.2) is 4.79 Å². The largest absolute Gasteiger partial charge is 0.417 e. The number of likely N-dealkylation sites (tertiary alicyclic amines) is 1. The van der Waals surface area contributed by atoms with Crippen molar-refractivity contribution in [1.82, 2.24) is 9.88 Å². The van der Waals surface area contributed by atoms with E-state index < -0.39 is 6.09 Å². The molecular formula is C23H23N3O2. The maximum atomic E-state index is 12.0. The van der Waals surface area contributed by atoms with Crippen molar-refractivity contribution < 1.29 is 9.53 Å². The molecule has 3 aromatic rings. The normalized spacial score (nSPS) is 16.6. The van der Waals surface area contributed by atoms with Gasteiger partial charge in [0.15, 0.2) is 0 Å². The van der Waals surface area contributed by atoms with E-state index in [1.807, 2.05) is 48.8 Å². The number of hydrogen-bond acceptors (Lipinski definition) is 4. The topological polar surface area (TPSA) is 54.5 Å². The summed E-state index contributed by atoms with van der Waals surface area (Å²) in [6.07, 6.45) is 5.66. The fourth-order valence-corrected chi connectivity index (χ4v) is 3.63. The van der Waals surface area contributed by atoms with Crippen LogP contribution in [0, 0.1) is 0 Å². The molecule has 1 amide bonds. The van der Waals surface area contributed by atoms with Gasteiger partial charge in [-0.2, -0.15) is 0 Å². The van der Waals surface area contributed by atoms with Crippen LogP contribution in [0.25, 0.3) is 0 Å². The minimum absolute atomic E-state index is 0.423. The van der Waals surface area contributed by atoms with Gasteiger partial charge in [0, 0.05) is 30.7 Å². The summed E-state index contributed by atoms with van der Waals surface area (Å²) in [6.45, 7) is 1.97. The zero-order chi connectivity index (χ0) is 19.2. The molecule has 4 rings (SSSR count). The minimum Gasteiger partial charge on any atom is -0.410 e. The number of pyridine rings is 1. The molecule has 28 heavy (non-hydrogen) atoms. The third-order valence-corrected chi connectivity index (χ3v) is 4.97. The third-order valence-electron chi connectivity index (χ3n) is 4.97. The van der Waals surface area contributed by atoms with Crippen molar-refractivity contribution in [1.29, 1.82) is 0 Å². The number of nitrogens with one attached hydrogen (secondary N) is 1. The fourth-order valence-electron chi connectivity index (χ4n) is 3.63. The zero-order valence-electron chi connectivity index (χ0n) is 15.6. The molecule has 1 atom stereocenters. The summed E-state index contributed by atoms with van der Waals surface area (Å²) in [7, 11) is 0. The second-order valence-corrected chi connectivity index (χ2v) is 6.94. The highest BCUT2D eigenvalue weighted by Crippen LogP contribution is 2.32. The number of carbonyl (C=O) groups excluding carboxylic acids is 1. The Morgan fingerprint density at radius 1 is 1.07 bits per heavy atom. The molecule has 2 heterocycles. The van der Waals surface area contributed by atoms with Gasteiger partial charge >= 0.3 is 6.09 Å². The quantitative estimate of drug-likeness (QED) is 0.681. The monoisotopic (exact) mass is 373 g/mol. The average molecular weight is 373 g/mol. The van der Waals surface area contributed by atoms with Crippen LogP contribution in [0.5, 0.6) is 5.75 Å². The van der Waals surface area contributed by atoms with E-state index in [1.165, 1.54) is 17.5 Å². The number of benzene rings is 2. The van der Waals surface area contributed by atoms with Gasteiger partial charge in [0.1, 0.15) is 5.75 Å². The van der Waals surface area contributed by atoms with E-state index in [4.69, 9.17) is 4.74 Å². The molecule has 1 aromatic heterocycles. The number of ether oxygens (including phenoxy) is 1. The van der Waals surface area contributed by atoms with Gasteiger partial charge in [0.25, 0.3) is 0 Å². The first-order valence-corrected chi connectivity index (χ1v) is 9.55. The Morgan fingerprint density at radius 3 is 2.64 bits per heavy atom. The van der Waals surface area contributed by atoms with Crippen molar-refractivity contribution in [2.45, 2.75) is 25.4 Å². The van der Waals surface area contributed by atoms with E-state index in [0.29, 0.717) is 11.8 Å². The third kappa shape index (κ3) is 4.56. The lowest BCUT2D eigenvalue weighted by Gasteiger charge is -2.24. The van der Waals surface area contributed by atoms with Gasteiger partial charge in [-0.1, -0.05) is 36.4 Å². The number of amides is 1. The van der Waals surface area contributed by atoms with Crippen LogP contribution in [0.1, 0.15) is 30.0 Å². The number of carbonyl (C=O) groups is 1. The van der Waals surface area contributed by atoms with Gasteiger partial charge < -0.3 is 4.74 Å². The summed E-state index contributed by atoms with van der Waals surface area (Å²) < 4.78 is 5.26. The highest BCUT2D eigenvalue weighted by atomic mass is 16.6. The van der Waals surface area contributed by atoms with Crippen molar-refractivity contribution >= 4 is 11.8 Å². The molecule has 0 radical (unpaired) electrons. The highest BCUT2D eigenvalue weighted by Gasteiger charge is 2.25. The van der Waals surface area contributed by atoms with Crippen LogP contribution in [0.15, 0.2) is 79.1 Å². The summed E-state index contributed by atoms with van der Waals surface area (Å²) in [5, 5.41) is 2.76. The lowest BCUT2D eigenvalue weighted by Crippen LogP contribution is -2.22. The molecule has 2 aromatic carbocycles. The Labute approximate surface area is 165 Å². The summed E-state index contributed by atoms with van der Waals surface area (Å²) in [6, 6.07) is 21.5. The van der Waals surface area contributed by atoms with Crippen molar-refractivity contribution in [3.05, 3.63) is 90.3 Å². The first-order chi connectivity index (χ1) is 13.8. The first-order valence-electron chi connectivity index (χ1n) is 9.55. The number of aromatic nitrogens is 1. The molecule has 1 N–H and O–H groups in total. The first kappa shape index (κ1) is 18.2. The van der Waals surface area contributed by atoms with Crippen molar-refractivity contribution in [2.75, 3.05) is 11.9 Å².